The second kappa shape index (κ2) is 7.28. The Morgan fingerprint density at radius 1 is 1.34 bits per heavy atom. The van der Waals surface area contributed by atoms with Crippen LogP contribution in [0.1, 0.15) is 12.1 Å². The van der Waals surface area contributed by atoms with E-state index >= 15 is 0 Å². The topological polar surface area (TPSA) is 93.2 Å². The minimum Gasteiger partial charge on any atom is -0.351 e. The number of aryl methyl sites for hydroxylation is 1. The molecule has 1 fully saturated rings. The second-order valence-corrected chi connectivity index (χ2v) is 8.02. The zero-order chi connectivity index (χ0) is 19.8. The molecule has 0 radical (unpaired) electrons. The molecule has 4 aromatic rings. The summed E-state index contributed by atoms with van der Waals surface area (Å²) in [4.78, 5) is 29.0. The van der Waals surface area contributed by atoms with E-state index in [1.54, 1.807) is 28.4 Å². The van der Waals surface area contributed by atoms with Crippen LogP contribution in [0.3, 0.4) is 0 Å². The molecule has 0 spiro atoms. The summed E-state index contributed by atoms with van der Waals surface area (Å²) < 4.78 is 3.69. The largest absolute Gasteiger partial charge is 0.351 e. The van der Waals surface area contributed by atoms with Crippen molar-refractivity contribution < 1.29 is 4.79 Å². The number of hydrogen-bond acceptors (Lipinski definition) is 7. The number of anilines is 1. The number of carbonyl (C=O) groups excluding carboxylic acids is 1. The van der Waals surface area contributed by atoms with E-state index in [0.717, 1.165) is 34.9 Å². The Balaban J connectivity index is 1.21. The Morgan fingerprint density at radius 2 is 2.28 bits per heavy atom. The fourth-order valence-electron chi connectivity index (χ4n) is 3.58. The summed E-state index contributed by atoms with van der Waals surface area (Å²) in [5.41, 5.74) is 2.59. The minimum atomic E-state index is -0.00682. The number of fused-ring (bicyclic) bond motifs is 1. The summed E-state index contributed by atoms with van der Waals surface area (Å²) in [7, 11) is 1.88. The van der Waals surface area contributed by atoms with Gasteiger partial charge in [0, 0.05) is 61.9 Å². The van der Waals surface area contributed by atoms with Crippen molar-refractivity contribution in [3.05, 3.63) is 48.1 Å². The van der Waals surface area contributed by atoms with Crippen molar-refractivity contribution in [2.24, 2.45) is 7.05 Å². The molecule has 1 amide bonds. The van der Waals surface area contributed by atoms with E-state index in [4.69, 9.17) is 0 Å². The van der Waals surface area contributed by atoms with Gasteiger partial charge in [-0.25, -0.2) is 15.0 Å². The summed E-state index contributed by atoms with van der Waals surface area (Å²) in [5.74, 6) is 0.671. The molecule has 1 saturated heterocycles. The van der Waals surface area contributed by atoms with Crippen molar-refractivity contribution in [3.8, 4) is 11.3 Å². The Bertz CT molecular complexity index is 1130. The van der Waals surface area contributed by atoms with Gasteiger partial charge in [0.15, 0.2) is 4.96 Å². The SMILES string of the molecule is Cn1cc(-c2ccnc(N3CCC(NC(=O)Cc4cn5ccsc5n4)C3)n2)cn1. The van der Waals surface area contributed by atoms with Crippen LogP contribution in [-0.4, -0.2) is 54.2 Å². The zero-order valence-corrected chi connectivity index (χ0v) is 16.7. The maximum Gasteiger partial charge on any atom is 0.226 e. The highest BCUT2D eigenvalue weighted by Gasteiger charge is 2.26. The Morgan fingerprint density at radius 3 is 3.10 bits per heavy atom. The summed E-state index contributed by atoms with van der Waals surface area (Å²) >= 11 is 1.56. The average molecular weight is 408 g/mol. The standard InChI is InChI=1S/C19H20N8OS/c1-25-10-13(9-21-25)16-2-4-20-18(24-16)26-5-3-14(11-26)22-17(28)8-15-12-27-6-7-29-19(27)23-15/h2,4,6-7,9-10,12,14H,3,5,8,11H2,1H3,(H,22,28). The fourth-order valence-corrected chi connectivity index (χ4v) is 4.30. The number of rotatable bonds is 5. The smallest absolute Gasteiger partial charge is 0.226 e. The van der Waals surface area contributed by atoms with Crippen molar-refractivity contribution in [1.82, 2.24) is 34.4 Å². The van der Waals surface area contributed by atoms with Gasteiger partial charge >= 0.3 is 0 Å². The molecule has 0 aromatic carbocycles. The Labute approximate surface area is 171 Å². The lowest BCUT2D eigenvalue weighted by molar-refractivity contribution is -0.121. The number of aromatic nitrogens is 6. The van der Waals surface area contributed by atoms with Crippen molar-refractivity contribution in [2.45, 2.75) is 18.9 Å². The number of imidazole rings is 1. The Hall–Kier alpha value is -3.27. The van der Waals surface area contributed by atoms with Gasteiger partial charge in [0.25, 0.3) is 0 Å². The lowest BCUT2D eigenvalue weighted by atomic mass is 10.2. The van der Waals surface area contributed by atoms with Gasteiger partial charge in [-0.05, 0) is 12.5 Å². The van der Waals surface area contributed by atoms with Gasteiger partial charge in [-0.1, -0.05) is 0 Å². The maximum absolute atomic E-state index is 12.4. The first-order valence-electron chi connectivity index (χ1n) is 9.41. The molecule has 1 unspecified atom stereocenters. The third kappa shape index (κ3) is 3.70. The monoisotopic (exact) mass is 408 g/mol. The predicted octanol–water partition coefficient (Wildman–Crippen LogP) is 1.52. The molecule has 1 aliphatic heterocycles. The van der Waals surface area contributed by atoms with Crippen LogP contribution in [0.5, 0.6) is 0 Å². The molecule has 4 aromatic heterocycles. The van der Waals surface area contributed by atoms with Crippen LogP contribution < -0.4 is 10.2 Å². The number of thiazole rings is 1. The van der Waals surface area contributed by atoms with Crippen LogP contribution in [-0.2, 0) is 18.3 Å². The first-order chi connectivity index (χ1) is 14.1. The molecule has 0 aliphatic carbocycles. The average Bonchev–Trinajstić information content (AvgIpc) is 3.46. The van der Waals surface area contributed by atoms with Crippen LogP contribution in [0.15, 0.2) is 42.4 Å². The van der Waals surface area contributed by atoms with Gasteiger partial charge < -0.3 is 10.2 Å². The Kier molecular flexibility index (Phi) is 4.47. The molecular weight excluding hydrogens is 388 g/mol. The van der Waals surface area contributed by atoms with E-state index in [-0.39, 0.29) is 18.4 Å². The maximum atomic E-state index is 12.4. The van der Waals surface area contributed by atoms with Crippen molar-refractivity contribution in [1.29, 1.82) is 0 Å². The van der Waals surface area contributed by atoms with Crippen molar-refractivity contribution >= 4 is 28.2 Å². The van der Waals surface area contributed by atoms with E-state index in [0.29, 0.717) is 12.5 Å². The van der Waals surface area contributed by atoms with E-state index in [2.05, 4.69) is 30.3 Å². The lowest BCUT2D eigenvalue weighted by Crippen LogP contribution is -2.38. The highest BCUT2D eigenvalue weighted by molar-refractivity contribution is 7.15. The quantitative estimate of drug-likeness (QED) is 0.538. The second-order valence-electron chi connectivity index (χ2n) is 7.15. The number of nitrogens with one attached hydrogen (secondary N) is 1. The summed E-state index contributed by atoms with van der Waals surface area (Å²) in [6.45, 7) is 1.50. The van der Waals surface area contributed by atoms with Gasteiger partial charge in [-0.3, -0.25) is 13.9 Å². The third-order valence-electron chi connectivity index (χ3n) is 4.96. The first kappa shape index (κ1) is 17.8. The molecule has 9 nitrogen and oxygen atoms in total. The van der Waals surface area contributed by atoms with Gasteiger partial charge in [0.05, 0.1) is 24.0 Å². The zero-order valence-electron chi connectivity index (χ0n) is 15.9. The lowest BCUT2D eigenvalue weighted by Gasteiger charge is -2.17. The van der Waals surface area contributed by atoms with Gasteiger partial charge in [0.1, 0.15) is 0 Å². The highest BCUT2D eigenvalue weighted by Crippen LogP contribution is 2.21. The van der Waals surface area contributed by atoms with Crippen LogP contribution in [0.4, 0.5) is 5.95 Å². The number of nitrogens with zero attached hydrogens (tertiary/aromatic N) is 7. The predicted molar refractivity (Wildman–Crippen MR) is 110 cm³/mol. The van der Waals surface area contributed by atoms with Crippen molar-refractivity contribution in [2.75, 3.05) is 18.0 Å². The molecule has 1 atom stereocenters. The fraction of sp³-hybridized carbons (Fsp3) is 0.316. The molecule has 148 valence electrons. The van der Waals surface area contributed by atoms with Gasteiger partial charge in [-0.2, -0.15) is 5.10 Å². The van der Waals surface area contributed by atoms with E-state index in [1.807, 2.05) is 41.5 Å². The number of hydrogen-bond donors (Lipinski definition) is 1. The minimum absolute atomic E-state index is 0.00682. The molecule has 29 heavy (non-hydrogen) atoms. The number of carbonyl (C=O) groups is 1. The van der Waals surface area contributed by atoms with Crippen LogP contribution in [0, 0.1) is 0 Å². The van der Waals surface area contributed by atoms with Gasteiger partial charge in [-0.15, -0.1) is 11.3 Å². The molecule has 5 heterocycles. The molecule has 1 N–H and O–H groups in total. The molecule has 0 bridgehead atoms. The van der Waals surface area contributed by atoms with E-state index < -0.39 is 0 Å². The third-order valence-corrected chi connectivity index (χ3v) is 5.74. The van der Waals surface area contributed by atoms with Gasteiger partial charge in [0.2, 0.25) is 11.9 Å². The molecule has 1 aliphatic rings. The summed E-state index contributed by atoms with van der Waals surface area (Å²) in [6, 6.07) is 1.96. The van der Waals surface area contributed by atoms with Crippen molar-refractivity contribution in [3.63, 3.8) is 0 Å². The first-order valence-corrected chi connectivity index (χ1v) is 10.3. The normalized spacial score (nSPS) is 16.6. The summed E-state index contributed by atoms with van der Waals surface area (Å²) in [5, 5.41) is 9.29. The molecule has 10 heteroatoms. The van der Waals surface area contributed by atoms with Crippen LogP contribution in [0.25, 0.3) is 16.2 Å². The molecular formula is C19H20N8OS. The molecule has 0 saturated carbocycles. The number of amides is 1. The molecule has 5 rings (SSSR count). The summed E-state index contributed by atoms with van der Waals surface area (Å²) in [6.07, 6.45) is 10.5. The van der Waals surface area contributed by atoms with Crippen LogP contribution >= 0.6 is 11.3 Å². The van der Waals surface area contributed by atoms with E-state index in [9.17, 15) is 4.79 Å². The highest BCUT2D eigenvalue weighted by atomic mass is 32.1. The van der Waals surface area contributed by atoms with Crippen LogP contribution in [0.2, 0.25) is 0 Å². The van der Waals surface area contributed by atoms with E-state index in [1.165, 1.54) is 0 Å².